The number of halogens is 1. The Bertz CT molecular complexity index is 1400. The van der Waals surface area contributed by atoms with Gasteiger partial charge >= 0.3 is 5.97 Å². The van der Waals surface area contributed by atoms with E-state index in [2.05, 4.69) is 40.7 Å². The summed E-state index contributed by atoms with van der Waals surface area (Å²) < 4.78 is 27.7. The molecule has 5 rings (SSSR count). The highest BCUT2D eigenvalue weighted by atomic mass is 19.1. The lowest BCUT2D eigenvalue weighted by atomic mass is 9.82. The molecule has 0 bridgehead atoms. The van der Waals surface area contributed by atoms with Crippen LogP contribution in [-0.2, 0) is 19.7 Å². The third kappa shape index (κ3) is 3.58. The van der Waals surface area contributed by atoms with Gasteiger partial charge in [-0.1, -0.05) is 13.8 Å². The average Bonchev–Trinajstić information content (AvgIpc) is 3.50. The summed E-state index contributed by atoms with van der Waals surface area (Å²) in [6, 6.07) is 9.25. The SMILES string of the molecule is COCC(C)(C)c1c(C2CO[C@@H](C(=O)O)C2)c2cc3[nH]ncc3cc2n1-c1ccc(F)c(C)c1. The van der Waals surface area contributed by atoms with E-state index in [0.29, 0.717) is 25.2 Å². The summed E-state index contributed by atoms with van der Waals surface area (Å²) in [6.07, 6.45) is 1.32. The molecule has 1 fully saturated rings. The Labute approximate surface area is 196 Å². The fourth-order valence-corrected chi connectivity index (χ4v) is 5.29. The number of aryl methyl sites for hydroxylation is 1. The number of H-pyrrole nitrogens is 1. The molecule has 0 amide bonds. The molecule has 0 saturated carbocycles. The first kappa shape index (κ1) is 22.6. The van der Waals surface area contributed by atoms with Gasteiger partial charge in [-0.3, -0.25) is 5.10 Å². The fraction of sp³-hybridized carbons (Fsp3) is 0.385. The Kier molecular flexibility index (Phi) is 5.45. The van der Waals surface area contributed by atoms with Crippen LogP contribution in [0, 0.1) is 12.7 Å². The van der Waals surface area contributed by atoms with E-state index in [0.717, 1.165) is 38.8 Å². The maximum atomic E-state index is 14.2. The van der Waals surface area contributed by atoms with Crippen molar-refractivity contribution in [2.75, 3.05) is 20.3 Å². The number of carboxylic acid groups (broad SMARTS) is 1. The third-order valence-corrected chi connectivity index (χ3v) is 6.79. The first-order valence-electron chi connectivity index (χ1n) is 11.3. The number of rotatable bonds is 6. The summed E-state index contributed by atoms with van der Waals surface area (Å²) in [6.45, 7) is 6.74. The number of aliphatic carboxylic acids is 1. The molecule has 0 aliphatic carbocycles. The van der Waals surface area contributed by atoms with Crippen LogP contribution in [0.3, 0.4) is 0 Å². The number of hydrogen-bond donors (Lipinski definition) is 2. The Morgan fingerprint density at radius 2 is 2.15 bits per heavy atom. The normalized spacial score (nSPS) is 18.9. The summed E-state index contributed by atoms with van der Waals surface area (Å²) in [7, 11) is 1.67. The predicted molar refractivity (Wildman–Crippen MR) is 127 cm³/mol. The molecule has 3 heterocycles. The molecule has 1 aliphatic heterocycles. The van der Waals surface area contributed by atoms with Crippen LogP contribution in [0.15, 0.2) is 36.5 Å². The number of ether oxygens (including phenoxy) is 2. The molecule has 178 valence electrons. The van der Waals surface area contributed by atoms with Crippen molar-refractivity contribution in [3.63, 3.8) is 0 Å². The second-order valence-corrected chi connectivity index (χ2v) is 9.77. The molecule has 0 spiro atoms. The molecule has 2 atom stereocenters. The van der Waals surface area contributed by atoms with Gasteiger partial charge in [-0.2, -0.15) is 5.10 Å². The number of aromatic amines is 1. The second-order valence-electron chi connectivity index (χ2n) is 9.77. The van der Waals surface area contributed by atoms with Crippen LogP contribution >= 0.6 is 0 Å². The smallest absolute Gasteiger partial charge is 0.332 e. The second kappa shape index (κ2) is 8.21. The molecule has 8 heteroatoms. The molecule has 1 saturated heterocycles. The lowest BCUT2D eigenvalue weighted by molar-refractivity contribution is -0.147. The van der Waals surface area contributed by atoms with Gasteiger partial charge < -0.3 is 19.1 Å². The number of carbonyl (C=O) groups is 1. The van der Waals surface area contributed by atoms with Crippen LogP contribution in [0.2, 0.25) is 0 Å². The summed E-state index contributed by atoms with van der Waals surface area (Å²) in [5.74, 6) is -1.32. The van der Waals surface area contributed by atoms with Crippen molar-refractivity contribution in [3.8, 4) is 5.69 Å². The highest BCUT2D eigenvalue weighted by Gasteiger charge is 2.39. The lowest BCUT2D eigenvalue weighted by Gasteiger charge is -2.29. The van der Waals surface area contributed by atoms with E-state index in [9.17, 15) is 14.3 Å². The van der Waals surface area contributed by atoms with Crippen molar-refractivity contribution in [2.24, 2.45) is 0 Å². The van der Waals surface area contributed by atoms with E-state index in [-0.39, 0.29) is 11.7 Å². The zero-order chi connectivity index (χ0) is 24.2. The minimum Gasteiger partial charge on any atom is -0.479 e. The number of methoxy groups -OCH3 is 1. The Balaban J connectivity index is 1.88. The molecule has 2 aromatic carbocycles. The van der Waals surface area contributed by atoms with Crippen LogP contribution in [0.5, 0.6) is 0 Å². The van der Waals surface area contributed by atoms with E-state index in [1.807, 2.05) is 6.07 Å². The van der Waals surface area contributed by atoms with Crippen LogP contribution in [0.4, 0.5) is 4.39 Å². The molecule has 1 aliphatic rings. The summed E-state index contributed by atoms with van der Waals surface area (Å²) >= 11 is 0. The van der Waals surface area contributed by atoms with Gasteiger partial charge in [0.15, 0.2) is 6.10 Å². The van der Waals surface area contributed by atoms with E-state index in [1.165, 1.54) is 6.07 Å². The van der Waals surface area contributed by atoms with Gasteiger partial charge in [-0.05, 0) is 54.8 Å². The molecule has 4 aromatic rings. The number of hydrogen-bond acceptors (Lipinski definition) is 4. The highest BCUT2D eigenvalue weighted by molar-refractivity contribution is 5.99. The minimum absolute atomic E-state index is 0.113. The van der Waals surface area contributed by atoms with Gasteiger partial charge in [-0.25, -0.2) is 9.18 Å². The number of nitrogens with one attached hydrogen (secondary N) is 1. The Morgan fingerprint density at radius 3 is 2.82 bits per heavy atom. The Morgan fingerprint density at radius 1 is 1.35 bits per heavy atom. The molecule has 2 aromatic heterocycles. The summed E-state index contributed by atoms with van der Waals surface area (Å²) in [5, 5.41) is 18.7. The molecular weight excluding hydrogens is 437 g/mol. The zero-order valence-electron chi connectivity index (χ0n) is 19.7. The maximum absolute atomic E-state index is 14.2. The largest absolute Gasteiger partial charge is 0.479 e. The summed E-state index contributed by atoms with van der Waals surface area (Å²) in [4.78, 5) is 11.7. The first-order valence-corrected chi connectivity index (χ1v) is 11.3. The Hall–Kier alpha value is -3.23. The van der Waals surface area contributed by atoms with E-state index in [4.69, 9.17) is 9.47 Å². The zero-order valence-corrected chi connectivity index (χ0v) is 19.7. The van der Waals surface area contributed by atoms with Gasteiger partial charge in [0, 0.05) is 40.6 Å². The molecule has 0 radical (unpaired) electrons. The number of aromatic nitrogens is 3. The molecule has 34 heavy (non-hydrogen) atoms. The van der Waals surface area contributed by atoms with E-state index < -0.39 is 17.5 Å². The first-order chi connectivity index (χ1) is 16.2. The van der Waals surface area contributed by atoms with E-state index in [1.54, 1.807) is 26.3 Å². The lowest BCUT2D eigenvalue weighted by Crippen LogP contribution is -2.29. The van der Waals surface area contributed by atoms with Crippen molar-refractivity contribution >= 4 is 27.8 Å². The van der Waals surface area contributed by atoms with Crippen molar-refractivity contribution in [2.45, 2.75) is 44.6 Å². The van der Waals surface area contributed by atoms with Crippen LogP contribution in [0.1, 0.15) is 43.0 Å². The average molecular weight is 466 g/mol. The maximum Gasteiger partial charge on any atom is 0.332 e. The van der Waals surface area contributed by atoms with E-state index >= 15 is 0 Å². The standard InChI is InChI=1S/C26H28FN3O4/c1-14-7-17(5-6-19(14)27)30-21-8-15-11-28-29-20(15)10-18(21)23(24(30)26(2,3)13-33-4)16-9-22(25(31)32)34-12-16/h5-8,10-11,16,22H,9,12-13H2,1-4H3,(H,28,29)(H,31,32)/t16?,22-/m1/s1. The number of carboxylic acids is 1. The number of fused-ring (bicyclic) bond motifs is 2. The minimum atomic E-state index is -0.950. The van der Waals surface area contributed by atoms with Crippen molar-refractivity contribution in [1.29, 1.82) is 0 Å². The fourth-order valence-electron chi connectivity index (χ4n) is 5.29. The quantitative estimate of drug-likeness (QED) is 0.426. The molecular formula is C26H28FN3O4. The van der Waals surface area contributed by atoms with Crippen molar-refractivity contribution in [1.82, 2.24) is 14.8 Å². The van der Waals surface area contributed by atoms with Gasteiger partial charge in [0.2, 0.25) is 0 Å². The summed E-state index contributed by atoms with van der Waals surface area (Å²) in [5.41, 5.74) is 4.86. The van der Waals surface area contributed by atoms with Crippen LogP contribution in [-0.4, -0.2) is 52.3 Å². The topological polar surface area (TPSA) is 89.4 Å². The van der Waals surface area contributed by atoms with Crippen molar-refractivity contribution < 1.29 is 23.8 Å². The molecule has 7 nitrogen and oxygen atoms in total. The molecule has 1 unspecified atom stereocenters. The number of nitrogens with zero attached hydrogens (tertiary/aromatic N) is 2. The van der Waals surface area contributed by atoms with Gasteiger partial charge in [0.05, 0.1) is 30.4 Å². The van der Waals surface area contributed by atoms with Gasteiger partial charge in [0.1, 0.15) is 5.82 Å². The van der Waals surface area contributed by atoms with Crippen molar-refractivity contribution in [3.05, 3.63) is 59.2 Å². The van der Waals surface area contributed by atoms with Gasteiger partial charge in [0.25, 0.3) is 0 Å². The van der Waals surface area contributed by atoms with Crippen LogP contribution in [0.25, 0.3) is 27.5 Å². The predicted octanol–water partition coefficient (Wildman–Crippen LogP) is 4.84. The van der Waals surface area contributed by atoms with Gasteiger partial charge in [-0.15, -0.1) is 0 Å². The number of benzene rings is 2. The third-order valence-electron chi connectivity index (χ3n) is 6.79. The van der Waals surface area contributed by atoms with Crippen LogP contribution < -0.4 is 0 Å². The highest BCUT2D eigenvalue weighted by Crippen LogP contribution is 2.45. The monoisotopic (exact) mass is 465 g/mol. The molecule has 2 N–H and O–H groups in total.